The number of esters is 1. The van der Waals surface area contributed by atoms with Crippen LogP contribution in [0, 0.1) is 5.92 Å². The van der Waals surface area contributed by atoms with Gasteiger partial charge in [0.15, 0.2) is 0 Å². The van der Waals surface area contributed by atoms with Crippen LogP contribution in [0.15, 0.2) is 0 Å². The number of likely N-dealkylation sites (tertiary alicyclic amines) is 1. The first-order valence-corrected chi connectivity index (χ1v) is 5.44. The van der Waals surface area contributed by atoms with Crippen LogP contribution in [0.3, 0.4) is 0 Å². The number of ether oxygens (including phenoxy) is 2. The fourth-order valence-electron chi connectivity index (χ4n) is 2.04. The Morgan fingerprint density at radius 2 is 2.13 bits per heavy atom. The van der Waals surface area contributed by atoms with Gasteiger partial charge in [0.1, 0.15) is 6.04 Å². The Bertz CT molecular complexity index is 218. The van der Waals surface area contributed by atoms with E-state index >= 15 is 0 Å². The molecule has 0 bridgehead atoms. The molecule has 0 aliphatic carbocycles. The molecule has 0 N–H and O–H groups in total. The SMILES string of the molecule is COCC(C(C)C)N1CCC1C(=O)OC. The molecule has 1 heterocycles. The zero-order valence-electron chi connectivity index (χ0n) is 10.0. The Kier molecular flexibility index (Phi) is 4.54. The molecule has 0 aromatic rings. The molecule has 1 rings (SSSR count). The average molecular weight is 215 g/mol. The van der Waals surface area contributed by atoms with Crippen LogP contribution in [0.4, 0.5) is 0 Å². The number of methoxy groups -OCH3 is 2. The summed E-state index contributed by atoms with van der Waals surface area (Å²) in [6.45, 7) is 5.93. The molecule has 0 amide bonds. The van der Waals surface area contributed by atoms with Gasteiger partial charge in [-0.05, 0) is 12.3 Å². The molecular formula is C11H21NO3. The maximum absolute atomic E-state index is 11.4. The van der Waals surface area contributed by atoms with Gasteiger partial charge in [-0.3, -0.25) is 9.69 Å². The fraction of sp³-hybridized carbons (Fsp3) is 0.909. The molecular weight excluding hydrogens is 194 g/mol. The van der Waals surface area contributed by atoms with E-state index in [9.17, 15) is 4.79 Å². The largest absolute Gasteiger partial charge is 0.468 e. The molecule has 2 unspecified atom stereocenters. The van der Waals surface area contributed by atoms with Crippen molar-refractivity contribution in [3.8, 4) is 0 Å². The molecule has 1 saturated heterocycles. The third-order valence-electron chi connectivity index (χ3n) is 3.07. The minimum atomic E-state index is -0.122. The molecule has 0 aromatic carbocycles. The lowest BCUT2D eigenvalue weighted by Crippen LogP contribution is -2.59. The first-order chi connectivity index (χ1) is 7.11. The van der Waals surface area contributed by atoms with Crippen molar-refractivity contribution in [1.82, 2.24) is 4.90 Å². The number of carbonyl (C=O) groups excluding carboxylic acids is 1. The van der Waals surface area contributed by atoms with E-state index in [4.69, 9.17) is 9.47 Å². The smallest absolute Gasteiger partial charge is 0.323 e. The molecule has 88 valence electrons. The Labute approximate surface area is 91.5 Å². The number of carbonyl (C=O) groups is 1. The number of hydrogen-bond acceptors (Lipinski definition) is 4. The van der Waals surface area contributed by atoms with E-state index in [0.717, 1.165) is 13.0 Å². The van der Waals surface area contributed by atoms with Gasteiger partial charge in [0.25, 0.3) is 0 Å². The van der Waals surface area contributed by atoms with Gasteiger partial charge < -0.3 is 9.47 Å². The average Bonchev–Trinajstić information content (AvgIpc) is 2.15. The van der Waals surface area contributed by atoms with Crippen molar-refractivity contribution in [2.75, 3.05) is 27.4 Å². The predicted octanol–water partition coefficient (Wildman–Crippen LogP) is 0.905. The van der Waals surface area contributed by atoms with Gasteiger partial charge in [0.2, 0.25) is 0 Å². The Morgan fingerprint density at radius 3 is 2.47 bits per heavy atom. The van der Waals surface area contributed by atoms with Crippen molar-refractivity contribution >= 4 is 5.97 Å². The molecule has 1 aliphatic heterocycles. The molecule has 0 aromatic heterocycles. The third-order valence-corrected chi connectivity index (χ3v) is 3.07. The highest BCUT2D eigenvalue weighted by atomic mass is 16.5. The van der Waals surface area contributed by atoms with E-state index in [1.807, 2.05) is 0 Å². The molecule has 2 atom stereocenters. The highest BCUT2D eigenvalue weighted by Crippen LogP contribution is 2.25. The molecule has 4 nitrogen and oxygen atoms in total. The van der Waals surface area contributed by atoms with Crippen LogP contribution in [-0.4, -0.2) is 50.3 Å². The monoisotopic (exact) mass is 215 g/mol. The van der Waals surface area contributed by atoms with E-state index in [2.05, 4.69) is 18.7 Å². The zero-order valence-corrected chi connectivity index (χ0v) is 10.0. The Morgan fingerprint density at radius 1 is 1.47 bits per heavy atom. The fourth-order valence-corrected chi connectivity index (χ4v) is 2.04. The van der Waals surface area contributed by atoms with Gasteiger partial charge in [-0.15, -0.1) is 0 Å². The van der Waals surface area contributed by atoms with E-state index in [1.54, 1.807) is 7.11 Å². The van der Waals surface area contributed by atoms with Crippen molar-refractivity contribution < 1.29 is 14.3 Å². The van der Waals surface area contributed by atoms with Gasteiger partial charge in [-0.2, -0.15) is 0 Å². The predicted molar refractivity (Wildman–Crippen MR) is 57.6 cm³/mol. The van der Waals surface area contributed by atoms with Gasteiger partial charge in [-0.1, -0.05) is 13.8 Å². The lowest BCUT2D eigenvalue weighted by atomic mass is 9.94. The molecule has 4 heteroatoms. The number of hydrogen-bond donors (Lipinski definition) is 0. The summed E-state index contributed by atoms with van der Waals surface area (Å²) in [7, 11) is 3.14. The highest BCUT2D eigenvalue weighted by Gasteiger charge is 2.40. The Balaban J connectivity index is 2.57. The van der Waals surface area contributed by atoms with Crippen molar-refractivity contribution in [3.63, 3.8) is 0 Å². The highest BCUT2D eigenvalue weighted by molar-refractivity contribution is 5.76. The van der Waals surface area contributed by atoms with E-state index < -0.39 is 0 Å². The minimum absolute atomic E-state index is 0.0578. The van der Waals surface area contributed by atoms with E-state index in [0.29, 0.717) is 18.6 Å². The summed E-state index contributed by atoms with van der Waals surface area (Å²) in [5, 5.41) is 0. The van der Waals surface area contributed by atoms with Gasteiger partial charge >= 0.3 is 5.97 Å². The lowest BCUT2D eigenvalue weighted by molar-refractivity contribution is -0.155. The first kappa shape index (κ1) is 12.5. The summed E-state index contributed by atoms with van der Waals surface area (Å²) < 4.78 is 9.96. The van der Waals surface area contributed by atoms with Gasteiger partial charge in [0, 0.05) is 19.7 Å². The summed E-state index contributed by atoms with van der Waals surface area (Å²) in [6, 6.07) is 0.255. The first-order valence-electron chi connectivity index (χ1n) is 5.44. The summed E-state index contributed by atoms with van der Waals surface area (Å²) in [5.41, 5.74) is 0. The molecule has 0 saturated carbocycles. The maximum atomic E-state index is 11.4. The van der Waals surface area contributed by atoms with Crippen molar-refractivity contribution in [3.05, 3.63) is 0 Å². The molecule has 1 fully saturated rings. The zero-order chi connectivity index (χ0) is 11.4. The van der Waals surface area contributed by atoms with Crippen molar-refractivity contribution in [2.24, 2.45) is 5.92 Å². The maximum Gasteiger partial charge on any atom is 0.323 e. The molecule has 15 heavy (non-hydrogen) atoms. The normalized spacial score (nSPS) is 23.7. The summed E-state index contributed by atoms with van der Waals surface area (Å²) in [5.74, 6) is 0.361. The second-order valence-electron chi connectivity index (χ2n) is 4.33. The molecule has 0 spiro atoms. The van der Waals surface area contributed by atoms with Crippen LogP contribution < -0.4 is 0 Å². The van der Waals surface area contributed by atoms with Crippen molar-refractivity contribution in [1.29, 1.82) is 0 Å². The number of rotatable bonds is 5. The number of nitrogens with zero attached hydrogens (tertiary/aromatic N) is 1. The van der Waals surface area contributed by atoms with Gasteiger partial charge in [0.05, 0.1) is 13.7 Å². The quantitative estimate of drug-likeness (QED) is 0.639. The van der Waals surface area contributed by atoms with E-state index in [-0.39, 0.29) is 12.0 Å². The minimum Gasteiger partial charge on any atom is -0.468 e. The van der Waals surface area contributed by atoms with Crippen molar-refractivity contribution in [2.45, 2.75) is 32.4 Å². The second kappa shape index (κ2) is 5.47. The third kappa shape index (κ3) is 2.69. The van der Waals surface area contributed by atoms with Crippen LogP contribution in [0.1, 0.15) is 20.3 Å². The summed E-state index contributed by atoms with van der Waals surface area (Å²) in [6.07, 6.45) is 0.902. The van der Waals surface area contributed by atoms with E-state index in [1.165, 1.54) is 7.11 Å². The molecule has 1 aliphatic rings. The summed E-state index contributed by atoms with van der Waals surface area (Å²) >= 11 is 0. The van der Waals surface area contributed by atoms with Crippen LogP contribution >= 0.6 is 0 Å². The van der Waals surface area contributed by atoms with Crippen LogP contribution in [0.25, 0.3) is 0 Å². The standard InChI is InChI=1S/C11H21NO3/c1-8(2)10(7-14-3)12-6-5-9(12)11(13)15-4/h8-10H,5-7H2,1-4H3. The van der Waals surface area contributed by atoms with Gasteiger partial charge in [-0.25, -0.2) is 0 Å². The van der Waals surface area contributed by atoms with Crippen LogP contribution in [0.5, 0.6) is 0 Å². The van der Waals surface area contributed by atoms with Crippen LogP contribution in [0.2, 0.25) is 0 Å². The summed E-state index contributed by atoms with van der Waals surface area (Å²) in [4.78, 5) is 13.6. The topological polar surface area (TPSA) is 38.8 Å². The molecule has 0 radical (unpaired) electrons. The Hall–Kier alpha value is -0.610. The lowest BCUT2D eigenvalue weighted by Gasteiger charge is -2.45. The van der Waals surface area contributed by atoms with Crippen LogP contribution in [-0.2, 0) is 14.3 Å². The second-order valence-corrected chi connectivity index (χ2v) is 4.33.